The average Bonchev–Trinajstić information content (AvgIpc) is 2.71. The van der Waals surface area contributed by atoms with Crippen LogP contribution in [0.2, 0.25) is 0 Å². The summed E-state index contributed by atoms with van der Waals surface area (Å²) < 4.78 is 2.62. The zero-order chi connectivity index (χ0) is 20.3. The summed E-state index contributed by atoms with van der Waals surface area (Å²) in [5.41, 5.74) is 1.50. The van der Waals surface area contributed by atoms with E-state index in [1.165, 1.54) is 9.13 Å². The molecule has 0 saturated carbocycles. The molecule has 0 saturated heterocycles. The Morgan fingerprint density at radius 3 is 2.54 bits per heavy atom. The van der Waals surface area contributed by atoms with Crippen LogP contribution in [0.4, 0.5) is 5.69 Å². The molecule has 1 heterocycles. The van der Waals surface area contributed by atoms with Crippen molar-refractivity contribution < 1.29 is 4.79 Å². The maximum atomic E-state index is 13.0. The zero-order valence-corrected chi connectivity index (χ0v) is 16.4. The van der Waals surface area contributed by atoms with Gasteiger partial charge in [-0.05, 0) is 49.6 Å². The van der Waals surface area contributed by atoms with E-state index in [0.29, 0.717) is 23.0 Å². The fourth-order valence-electron chi connectivity index (χ4n) is 3.28. The second-order valence-electron chi connectivity index (χ2n) is 6.92. The molecular weight excluding hydrogens is 354 g/mol. The maximum Gasteiger partial charge on any atom is 0.332 e. The Bertz CT molecular complexity index is 1130. The molecule has 0 aliphatic carbocycles. The Morgan fingerprint density at radius 1 is 1.07 bits per heavy atom. The molecular formula is C22H25N3O3. The Balaban J connectivity index is 2.03. The van der Waals surface area contributed by atoms with Gasteiger partial charge in [-0.1, -0.05) is 38.1 Å². The lowest BCUT2D eigenvalue weighted by Gasteiger charge is -2.17. The lowest BCUT2D eigenvalue weighted by atomic mass is 10.1. The number of para-hydroxylation sites is 1. The average molecular weight is 379 g/mol. The van der Waals surface area contributed by atoms with Gasteiger partial charge in [-0.25, -0.2) is 4.79 Å². The number of hydrogen-bond acceptors (Lipinski definition) is 3. The van der Waals surface area contributed by atoms with E-state index in [0.717, 1.165) is 12.0 Å². The lowest BCUT2D eigenvalue weighted by molar-refractivity contribution is -0.116. The minimum absolute atomic E-state index is 0.160. The molecule has 0 aliphatic heterocycles. The number of hydrogen-bond donors (Lipinski definition) is 1. The number of nitrogens with one attached hydrogen (secondary N) is 1. The minimum Gasteiger partial charge on any atom is -0.325 e. The van der Waals surface area contributed by atoms with Gasteiger partial charge in [-0.2, -0.15) is 0 Å². The summed E-state index contributed by atoms with van der Waals surface area (Å²) in [5, 5.41) is 3.28. The summed E-state index contributed by atoms with van der Waals surface area (Å²) in [6.45, 7) is 5.64. The highest BCUT2D eigenvalue weighted by Gasteiger charge is 2.18. The van der Waals surface area contributed by atoms with Crippen LogP contribution in [0, 0.1) is 0 Å². The molecule has 3 rings (SSSR count). The first-order valence-electron chi connectivity index (χ1n) is 9.59. The predicted octanol–water partition coefficient (Wildman–Crippen LogP) is 3.34. The van der Waals surface area contributed by atoms with Gasteiger partial charge >= 0.3 is 5.69 Å². The molecule has 1 N–H and O–H groups in total. The molecule has 0 fully saturated rings. The molecule has 1 aromatic heterocycles. The van der Waals surface area contributed by atoms with Gasteiger partial charge < -0.3 is 5.32 Å². The number of benzene rings is 2. The summed E-state index contributed by atoms with van der Waals surface area (Å²) in [7, 11) is 0. The van der Waals surface area contributed by atoms with Crippen molar-refractivity contribution in [1.29, 1.82) is 0 Å². The molecule has 3 aromatic rings. The normalized spacial score (nSPS) is 12.1. The van der Waals surface area contributed by atoms with E-state index in [1.54, 1.807) is 24.3 Å². The van der Waals surface area contributed by atoms with Crippen molar-refractivity contribution in [2.75, 3.05) is 5.32 Å². The van der Waals surface area contributed by atoms with Crippen molar-refractivity contribution in [2.24, 2.45) is 0 Å². The fourth-order valence-corrected chi connectivity index (χ4v) is 3.28. The molecule has 2 aromatic carbocycles. The highest BCUT2D eigenvalue weighted by Crippen LogP contribution is 2.13. The Hall–Kier alpha value is -3.15. The number of rotatable bonds is 6. The highest BCUT2D eigenvalue weighted by molar-refractivity contribution is 5.91. The van der Waals surface area contributed by atoms with E-state index in [4.69, 9.17) is 0 Å². The van der Waals surface area contributed by atoms with Gasteiger partial charge in [0.2, 0.25) is 5.91 Å². The summed E-state index contributed by atoms with van der Waals surface area (Å²) in [5.74, 6) is -0.310. The van der Waals surface area contributed by atoms with Crippen LogP contribution in [-0.4, -0.2) is 15.0 Å². The first kappa shape index (κ1) is 19.6. The number of fused-ring (bicyclic) bond motifs is 1. The van der Waals surface area contributed by atoms with E-state index < -0.39 is 5.69 Å². The molecule has 6 nitrogen and oxygen atoms in total. The first-order chi connectivity index (χ1) is 13.5. The van der Waals surface area contributed by atoms with Crippen molar-refractivity contribution in [3.8, 4) is 0 Å². The van der Waals surface area contributed by atoms with E-state index in [-0.39, 0.29) is 24.1 Å². The van der Waals surface area contributed by atoms with Crippen LogP contribution in [0.25, 0.3) is 10.9 Å². The number of carbonyl (C=O) groups is 1. The quantitative estimate of drug-likeness (QED) is 0.714. The van der Waals surface area contributed by atoms with Gasteiger partial charge in [-0.3, -0.25) is 18.7 Å². The van der Waals surface area contributed by atoms with Gasteiger partial charge in [-0.15, -0.1) is 0 Å². The lowest BCUT2D eigenvalue weighted by Crippen LogP contribution is -2.43. The fraction of sp³-hybridized carbons (Fsp3) is 0.318. The van der Waals surface area contributed by atoms with Gasteiger partial charge in [0.05, 0.1) is 10.9 Å². The van der Waals surface area contributed by atoms with Crippen molar-refractivity contribution in [3.05, 3.63) is 74.9 Å². The number of carbonyl (C=O) groups excluding carboxylic acids is 1. The van der Waals surface area contributed by atoms with Crippen molar-refractivity contribution >= 4 is 22.5 Å². The first-order valence-corrected chi connectivity index (χ1v) is 9.59. The zero-order valence-electron chi connectivity index (χ0n) is 16.4. The molecule has 1 amide bonds. The smallest absolute Gasteiger partial charge is 0.325 e. The molecule has 0 bridgehead atoms. The Morgan fingerprint density at radius 2 is 1.82 bits per heavy atom. The van der Waals surface area contributed by atoms with E-state index in [1.807, 2.05) is 45.0 Å². The Kier molecular flexibility index (Phi) is 5.78. The van der Waals surface area contributed by atoms with Crippen molar-refractivity contribution in [3.63, 3.8) is 0 Å². The van der Waals surface area contributed by atoms with Gasteiger partial charge in [0, 0.05) is 11.7 Å². The van der Waals surface area contributed by atoms with E-state index >= 15 is 0 Å². The van der Waals surface area contributed by atoms with Crippen LogP contribution in [0.5, 0.6) is 0 Å². The van der Waals surface area contributed by atoms with Crippen LogP contribution in [0.15, 0.2) is 58.1 Å². The molecule has 1 atom stereocenters. The predicted molar refractivity (Wildman–Crippen MR) is 112 cm³/mol. The van der Waals surface area contributed by atoms with E-state index in [2.05, 4.69) is 5.32 Å². The van der Waals surface area contributed by atoms with Crippen molar-refractivity contribution in [1.82, 2.24) is 9.13 Å². The standard InChI is InChI=1S/C22H25N3O3/c1-4-15(3)25-21(27)18-11-6-7-12-19(18)24(22(25)28)14-20(26)23-17-10-8-9-16(5-2)13-17/h6-13,15H,4-5,14H2,1-3H3,(H,23,26)/t15-/m1/s1. The maximum absolute atomic E-state index is 13.0. The number of anilines is 1. The van der Waals surface area contributed by atoms with Crippen LogP contribution in [-0.2, 0) is 17.8 Å². The number of amides is 1. The minimum atomic E-state index is -0.462. The summed E-state index contributed by atoms with van der Waals surface area (Å²) in [4.78, 5) is 38.5. The summed E-state index contributed by atoms with van der Waals surface area (Å²) in [6.07, 6.45) is 1.51. The Labute approximate surface area is 163 Å². The second kappa shape index (κ2) is 8.25. The van der Waals surface area contributed by atoms with Crippen LogP contribution in [0.1, 0.15) is 38.8 Å². The SMILES string of the molecule is CCc1cccc(NC(=O)Cn2c(=O)n([C@H](C)CC)c(=O)c3ccccc32)c1. The van der Waals surface area contributed by atoms with Crippen molar-refractivity contribution in [2.45, 2.75) is 46.2 Å². The number of aromatic nitrogens is 2. The van der Waals surface area contributed by atoms with Gasteiger partial charge in [0.25, 0.3) is 5.56 Å². The monoisotopic (exact) mass is 379 g/mol. The van der Waals surface area contributed by atoms with E-state index in [9.17, 15) is 14.4 Å². The van der Waals surface area contributed by atoms with Crippen LogP contribution in [0.3, 0.4) is 0 Å². The molecule has 28 heavy (non-hydrogen) atoms. The number of nitrogens with zero attached hydrogens (tertiary/aromatic N) is 2. The van der Waals surface area contributed by atoms with Gasteiger partial charge in [0.15, 0.2) is 0 Å². The molecule has 0 radical (unpaired) electrons. The molecule has 146 valence electrons. The molecule has 0 aliphatic rings. The molecule has 6 heteroatoms. The summed E-state index contributed by atoms with van der Waals surface area (Å²) >= 11 is 0. The third kappa shape index (κ3) is 3.76. The van der Waals surface area contributed by atoms with Gasteiger partial charge in [0.1, 0.15) is 6.54 Å². The second-order valence-corrected chi connectivity index (χ2v) is 6.92. The largest absolute Gasteiger partial charge is 0.332 e. The summed E-state index contributed by atoms with van der Waals surface area (Å²) in [6, 6.07) is 14.3. The molecule has 0 spiro atoms. The van der Waals surface area contributed by atoms with Crippen LogP contribution >= 0.6 is 0 Å². The van der Waals surface area contributed by atoms with Crippen LogP contribution < -0.4 is 16.6 Å². The number of aryl methyl sites for hydroxylation is 1. The third-order valence-corrected chi connectivity index (χ3v) is 5.03. The highest BCUT2D eigenvalue weighted by atomic mass is 16.2. The molecule has 0 unspecified atom stereocenters. The topological polar surface area (TPSA) is 73.1 Å². The third-order valence-electron chi connectivity index (χ3n) is 5.03.